The Labute approximate surface area is 131 Å². The molecule has 7 nitrogen and oxygen atoms in total. The molecule has 116 valence electrons. The molecule has 0 aliphatic carbocycles. The summed E-state index contributed by atoms with van der Waals surface area (Å²) in [5, 5.41) is 2.64. The average Bonchev–Trinajstić information content (AvgIpc) is 2.66. The lowest BCUT2D eigenvalue weighted by Gasteiger charge is -2.20. The van der Waals surface area contributed by atoms with Gasteiger partial charge in [-0.25, -0.2) is 4.79 Å². The maximum atomic E-state index is 11.6. The molecule has 0 spiro atoms. The van der Waals surface area contributed by atoms with Gasteiger partial charge in [0.15, 0.2) is 12.0 Å². The first-order chi connectivity index (χ1) is 10.3. The summed E-state index contributed by atoms with van der Waals surface area (Å²) in [6.45, 7) is 1.88. The van der Waals surface area contributed by atoms with Gasteiger partial charge >= 0.3 is 5.97 Å². The van der Waals surface area contributed by atoms with Gasteiger partial charge in [-0.2, -0.15) is 0 Å². The smallest absolute Gasteiger partial charge is 0.352 e. The quantitative estimate of drug-likeness (QED) is 0.533. The van der Waals surface area contributed by atoms with E-state index in [4.69, 9.17) is 27.8 Å². The first-order valence-electron chi connectivity index (χ1n) is 6.34. The third-order valence-corrected chi connectivity index (χ3v) is 3.50. The summed E-state index contributed by atoms with van der Waals surface area (Å²) in [4.78, 5) is 34.5. The van der Waals surface area contributed by atoms with Crippen molar-refractivity contribution >= 4 is 35.1 Å². The van der Waals surface area contributed by atoms with Gasteiger partial charge in [-0.15, -0.1) is 0 Å². The van der Waals surface area contributed by atoms with Crippen LogP contribution in [0.5, 0.6) is 0 Å². The number of carbonyl (C=O) groups is 3. The highest BCUT2D eigenvalue weighted by molar-refractivity contribution is 6.42. The van der Waals surface area contributed by atoms with Crippen molar-refractivity contribution in [3.8, 4) is 0 Å². The number of nitrogens with one attached hydrogen (secondary N) is 1. The van der Waals surface area contributed by atoms with Crippen LogP contribution in [0.4, 0.5) is 5.69 Å². The molecule has 1 heterocycles. The van der Waals surface area contributed by atoms with E-state index in [-0.39, 0.29) is 10.7 Å². The number of hydrogen-bond donors (Lipinski definition) is 3. The molecule has 1 aromatic carbocycles. The Kier molecular flexibility index (Phi) is 4.37. The van der Waals surface area contributed by atoms with Crippen LogP contribution in [0.1, 0.15) is 5.56 Å². The second-order valence-corrected chi connectivity index (χ2v) is 5.21. The summed E-state index contributed by atoms with van der Waals surface area (Å²) in [5.41, 5.74) is 12.0. The van der Waals surface area contributed by atoms with E-state index in [1.54, 1.807) is 18.2 Å². The van der Waals surface area contributed by atoms with E-state index >= 15 is 0 Å². The summed E-state index contributed by atoms with van der Waals surface area (Å²) in [6, 6.07) is 7.19. The van der Waals surface area contributed by atoms with Crippen molar-refractivity contribution in [2.45, 2.75) is 13.0 Å². The minimum Gasteiger partial charge on any atom is -0.450 e. The third-order valence-electron chi connectivity index (χ3n) is 3.15. The lowest BCUT2D eigenvalue weighted by Crippen LogP contribution is -2.45. The largest absolute Gasteiger partial charge is 0.450 e. The lowest BCUT2D eigenvalue weighted by molar-refractivity contribution is -0.146. The van der Waals surface area contributed by atoms with Crippen LogP contribution < -0.4 is 16.8 Å². The Morgan fingerprint density at radius 2 is 1.95 bits per heavy atom. The van der Waals surface area contributed by atoms with Gasteiger partial charge in [-0.05, 0) is 24.6 Å². The van der Waals surface area contributed by atoms with E-state index in [0.29, 0.717) is 5.69 Å². The fraction of sp³-hybridized carbons (Fsp3) is 0.214. The molecule has 0 aromatic heterocycles. The highest BCUT2D eigenvalue weighted by atomic mass is 35.5. The lowest BCUT2D eigenvalue weighted by atomic mass is 9.98. The fourth-order valence-electron chi connectivity index (χ4n) is 2.14. The molecule has 5 N–H and O–H groups in total. The van der Waals surface area contributed by atoms with Gasteiger partial charge < -0.3 is 21.5 Å². The molecule has 0 unspecified atom stereocenters. The molecule has 0 saturated carbocycles. The van der Waals surface area contributed by atoms with Crippen LogP contribution in [0.25, 0.3) is 0 Å². The molecule has 22 heavy (non-hydrogen) atoms. The Balaban J connectivity index is 2.38. The van der Waals surface area contributed by atoms with Gasteiger partial charge in [0.1, 0.15) is 5.03 Å². The number of ether oxygens (including phenoxy) is 1. The second kappa shape index (κ2) is 6.07. The molecule has 1 aliphatic rings. The van der Waals surface area contributed by atoms with Gasteiger partial charge in [0.05, 0.1) is 5.70 Å². The van der Waals surface area contributed by atoms with Gasteiger partial charge in [-0.1, -0.05) is 23.7 Å². The normalized spacial score (nSPS) is 17.6. The number of amides is 2. The minimum atomic E-state index is -1.51. The zero-order valence-electron chi connectivity index (χ0n) is 11.6. The number of benzene rings is 1. The Morgan fingerprint density at radius 3 is 2.50 bits per heavy atom. The average molecular weight is 324 g/mol. The number of aryl methyl sites for hydroxylation is 1. The van der Waals surface area contributed by atoms with Crippen molar-refractivity contribution in [2.24, 2.45) is 17.4 Å². The number of primary amides is 2. The number of cyclic esters (lactones) is 1. The monoisotopic (exact) mass is 323 g/mol. The minimum absolute atomic E-state index is 0.0832. The number of anilines is 1. The van der Waals surface area contributed by atoms with Crippen LogP contribution in [0.2, 0.25) is 0 Å². The van der Waals surface area contributed by atoms with Crippen molar-refractivity contribution in [3.05, 3.63) is 40.6 Å². The number of nitrogens with two attached hydrogens (primary N) is 2. The molecule has 1 atom stereocenters. The van der Waals surface area contributed by atoms with Crippen molar-refractivity contribution < 1.29 is 19.1 Å². The molecule has 1 aliphatic heterocycles. The van der Waals surface area contributed by atoms with Gasteiger partial charge in [0.25, 0.3) is 0 Å². The maximum absolute atomic E-state index is 11.6. The van der Waals surface area contributed by atoms with E-state index in [2.05, 4.69) is 5.32 Å². The number of carbonyl (C=O) groups excluding carboxylic acids is 3. The molecule has 0 saturated heterocycles. The van der Waals surface area contributed by atoms with E-state index < -0.39 is 29.8 Å². The van der Waals surface area contributed by atoms with Gasteiger partial charge in [0, 0.05) is 5.69 Å². The van der Waals surface area contributed by atoms with Crippen LogP contribution in [0.15, 0.2) is 35.0 Å². The highest BCUT2D eigenvalue weighted by Crippen LogP contribution is 2.31. The van der Waals surface area contributed by atoms with Crippen molar-refractivity contribution in [3.63, 3.8) is 0 Å². The first kappa shape index (κ1) is 15.8. The Morgan fingerprint density at radius 1 is 1.32 bits per heavy atom. The zero-order valence-corrected chi connectivity index (χ0v) is 12.4. The Hall–Kier alpha value is -2.54. The molecular formula is C14H14ClN3O4. The molecule has 2 rings (SSSR count). The van der Waals surface area contributed by atoms with E-state index in [9.17, 15) is 14.4 Å². The van der Waals surface area contributed by atoms with E-state index in [1.807, 2.05) is 13.0 Å². The van der Waals surface area contributed by atoms with Crippen LogP contribution in [0, 0.1) is 12.8 Å². The SMILES string of the molecule is Cc1cccc(NC2=C(Cl)C(=O)O[C@H]2C(C(N)=O)C(N)=O)c1. The van der Waals surface area contributed by atoms with Gasteiger partial charge in [0.2, 0.25) is 11.8 Å². The van der Waals surface area contributed by atoms with Crippen LogP contribution in [-0.2, 0) is 19.1 Å². The summed E-state index contributed by atoms with van der Waals surface area (Å²) in [7, 11) is 0. The van der Waals surface area contributed by atoms with Crippen LogP contribution >= 0.6 is 11.6 Å². The zero-order chi connectivity index (χ0) is 16.4. The predicted octanol–water partition coefficient (Wildman–Crippen LogP) is 0.370. The van der Waals surface area contributed by atoms with E-state index in [0.717, 1.165) is 5.56 Å². The predicted molar refractivity (Wildman–Crippen MR) is 79.4 cm³/mol. The van der Waals surface area contributed by atoms with Crippen LogP contribution in [0.3, 0.4) is 0 Å². The number of rotatable bonds is 5. The molecule has 0 bridgehead atoms. The third kappa shape index (κ3) is 3.04. The Bertz CT molecular complexity index is 672. The van der Waals surface area contributed by atoms with Crippen LogP contribution in [-0.4, -0.2) is 23.9 Å². The molecule has 0 fully saturated rings. The van der Waals surface area contributed by atoms with Crippen molar-refractivity contribution in [2.75, 3.05) is 5.32 Å². The summed E-state index contributed by atoms with van der Waals surface area (Å²) in [5.74, 6) is -4.36. The standard InChI is InChI=1S/C14H14ClN3O4/c1-6-3-2-4-7(5-6)18-10-9(15)14(21)22-11(10)8(12(16)19)13(17)20/h2-5,8,11,18H,1H3,(H2,16,19)(H2,17,20)/t11-/m0/s1. The maximum Gasteiger partial charge on any atom is 0.352 e. The number of esters is 1. The summed E-state index contributed by atoms with van der Waals surface area (Å²) < 4.78 is 4.96. The summed E-state index contributed by atoms with van der Waals surface area (Å²) >= 11 is 5.90. The van der Waals surface area contributed by atoms with E-state index in [1.165, 1.54) is 0 Å². The molecule has 8 heteroatoms. The number of hydrogen-bond acceptors (Lipinski definition) is 5. The fourth-order valence-corrected chi connectivity index (χ4v) is 2.34. The summed E-state index contributed by atoms with van der Waals surface area (Å²) in [6.07, 6.45) is -1.27. The number of halogens is 1. The van der Waals surface area contributed by atoms with Crippen molar-refractivity contribution in [1.82, 2.24) is 0 Å². The molecule has 1 aromatic rings. The second-order valence-electron chi connectivity index (χ2n) is 4.83. The van der Waals surface area contributed by atoms with Gasteiger partial charge in [-0.3, -0.25) is 9.59 Å². The topological polar surface area (TPSA) is 125 Å². The van der Waals surface area contributed by atoms with Crippen molar-refractivity contribution in [1.29, 1.82) is 0 Å². The molecule has 0 radical (unpaired) electrons. The molecule has 2 amide bonds. The first-order valence-corrected chi connectivity index (χ1v) is 6.72. The highest BCUT2D eigenvalue weighted by Gasteiger charge is 2.44. The molecular weight excluding hydrogens is 310 g/mol.